The highest BCUT2D eigenvalue weighted by Gasteiger charge is 2.63. The standard InChI is InChI=1S/C20H36N2O/c1-5-6-7-8-9-10-11-12-15-21-18-17(22-23)16-13-14-20(18,4)19(16,2)3/h16,23H,5-15H2,1-4H3/b21-18?,22-17+/t16-,20+/m1/s1. The van der Waals surface area contributed by atoms with E-state index < -0.39 is 0 Å². The molecule has 2 aliphatic carbocycles. The van der Waals surface area contributed by atoms with Crippen LogP contribution in [0.5, 0.6) is 0 Å². The lowest BCUT2D eigenvalue weighted by Crippen LogP contribution is -2.34. The van der Waals surface area contributed by atoms with Gasteiger partial charge in [0.2, 0.25) is 0 Å². The highest BCUT2D eigenvalue weighted by molar-refractivity contribution is 6.47. The second-order valence-corrected chi connectivity index (χ2v) is 8.34. The maximum atomic E-state index is 9.46. The summed E-state index contributed by atoms with van der Waals surface area (Å²) in [5, 5.41) is 13.1. The molecular weight excluding hydrogens is 284 g/mol. The van der Waals surface area contributed by atoms with E-state index in [-0.39, 0.29) is 10.8 Å². The molecular formula is C20H36N2O. The summed E-state index contributed by atoms with van der Waals surface area (Å²) >= 11 is 0. The normalized spacial score (nSPS) is 32.3. The molecule has 0 spiro atoms. The Hall–Kier alpha value is -0.860. The average molecular weight is 321 g/mol. The van der Waals surface area contributed by atoms with Crippen LogP contribution >= 0.6 is 0 Å². The van der Waals surface area contributed by atoms with Gasteiger partial charge < -0.3 is 5.21 Å². The first-order valence-electron chi connectivity index (χ1n) is 9.76. The van der Waals surface area contributed by atoms with Crippen molar-refractivity contribution >= 4 is 11.4 Å². The first-order chi connectivity index (χ1) is 11.0. The molecule has 2 fully saturated rings. The van der Waals surface area contributed by atoms with Gasteiger partial charge in [-0.25, -0.2) is 0 Å². The van der Waals surface area contributed by atoms with Crippen molar-refractivity contribution in [3.63, 3.8) is 0 Å². The Morgan fingerprint density at radius 3 is 2.22 bits per heavy atom. The fourth-order valence-electron chi connectivity index (χ4n) is 4.66. The molecule has 0 aromatic carbocycles. The van der Waals surface area contributed by atoms with Crippen LogP contribution in [0.15, 0.2) is 10.1 Å². The first-order valence-corrected chi connectivity index (χ1v) is 9.76. The van der Waals surface area contributed by atoms with Gasteiger partial charge in [-0.1, -0.05) is 77.8 Å². The molecule has 1 N–H and O–H groups in total. The lowest BCUT2D eigenvalue weighted by Gasteiger charge is -2.33. The minimum atomic E-state index is 0.0966. The summed E-state index contributed by atoms with van der Waals surface area (Å²) in [6.07, 6.45) is 12.9. The Morgan fingerprint density at radius 2 is 1.61 bits per heavy atom. The van der Waals surface area contributed by atoms with E-state index in [1.54, 1.807) is 0 Å². The van der Waals surface area contributed by atoms with Crippen LogP contribution < -0.4 is 0 Å². The Balaban J connectivity index is 1.79. The van der Waals surface area contributed by atoms with E-state index in [1.165, 1.54) is 51.4 Å². The van der Waals surface area contributed by atoms with Crippen molar-refractivity contribution in [2.75, 3.05) is 6.54 Å². The Bertz CT molecular complexity index is 453. The second kappa shape index (κ2) is 7.81. The van der Waals surface area contributed by atoms with Gasteiger partial charge in [-0.05, 0) is 24.7 Å². The van der Waals surface area contributed by atoms with Crippen molar-refractivity contribution < 1.29 is 5.21 Å². The van der Waals surface area contributed by atoms with E-state index in [0.717, 1.165) is 30.8 Å². The van der Waals surface area contributed by atoms with E-state index in [0.29, 0.717) is 5.92 Å². The predicted octanol–water partition coefficient (Wildman–Crippen LogP) is 5.85. The molecule has 2 bridgehead atoms. The summed E-state index contributed by atoms with van der Waals surface area (Å²) in [5.41, 5.74) is 2.25. The number of unbranched alkanes of at least 4 members (excludes halogenated alkanes) is 7. The fourth-order valence-corrected chi connectivity index (χ4v) is 4.66. The van der Waals surface area contributed by atoms with Crippen LogP contribution in [0.25, 0.3) is 0 Å². The Labute approximate surface area is 142 Å². The predicted molar refractivity (Wildman–Crippen MR) is 98.7 cm³/mol. The summed E-state index contributed by atoms with van der Waals surface area (Å²) < 4.78 is 0. The van der Waals surface area contributed by atoms with Crippen molar-refractivity contribution in [1.82, 2.24) is 0 Å². The molecule has 0 unspecified atom stereocenters. The zero-order chi connectivity index (χ0) is 16.9. The lowest BCUT2D eigenvalue weighted by molar-refractivity contribution is 0.206. The highest BCUT2D eigenvalue weighted by atomic mass is 16.4. The minimum absolute atomic E-state index is 0.0966. The SMILES string of the molecule is CCCCCCCCCCN=C1/C(=N/O)[C@H]2CC[C@]1(C)C2(C)C. The van der Waals surface area contributed by atoms with Gasteiger partial charge in [0.15, 0.2) is 0 Å². The van der Waals surface area contributed by atoms with Crippen LogP contribution in [0.4, 0.5) is 0 Å². The molecule has 3 heteroatoms. The zero-order valence-electron chi connectivity index (χ0n) is 15.7. The molecule has 0 radical (unpaired) electrons. The van der Waals surface area contributed by atoms with E-state index >= 15 is 0 Å². The zero-order valence-corrected chi connectivity index (χ0v) is 15.7. The van der Waals surface area contributed by atoms with Gasteiger partial charge in [0.1, 0.15) is 5.71 Å². The third-order valence-corrected chi connectivity index (χ3v) is 6.71. The summed E-state index contributed by atoms with van der Waals surface area (Å²) in [5.74, 6) is 0.384. The van der Waals surface area contributed by atoms with Gasteiger partial charge in [0, 0.05) is 17.9 Å². The molecule has 23 heavy (non-hydrogen) atoms. The third kappa shape index (κ3) is 3.49. The molecule has 0 aromatic heterocycles. The van der Waals surface area contributed by atoms with Crippen molar-refractivity contribution in [3.05, 3.63) is 0 Å². The van der Waals surface area contributed by atoms with Gasteiger partial charge in [-0.3, -0.25) is 4.99 Å². The molecule has 0 saturated heterocycles. The molecule has 2 aliphatic rings. The molecule has 0 aromatic rings. The van der Waals surface area contributed by atoms with Gasteiger partial charge in [0.25, 0.3) is 0 Å². The maximum absolute atomic E-state index is 9.46. The van der Waals surface area contributed by atoms with E-state index in [4.69, 9.17) is 4.99 Å². The number of rotatable bonds is 9. The van der Waals surface area contributed by atoms with Crippen LogP contribution in [0.1, 0.15) is 91.9 Å². The van der Waals surface area contributed by atoms with Crippen LogP contribution in [-0.4, -0.2) is 23.2 Å². The van der Waals surface area contributed by atoms with Crippen molar-refractivity contribution in [2.24, 2.45) is 26.9 Å². The van der Waals surface area contributed by atoms with Gasteiger partial charge in [-0.2, -0.15) is 0 Å². The van der Waals surface area contributed by atoms with Crippen LogP contribution in [0.3, 0.4) is 0 Å². The number of fused-ring (bicyclic) bond motifs is 2. The second-order valence-electron chi connectivity index (χ2n) is 8.34. The molecule has 3 nitrogen and oxygen atoms in total. The number of oxime groups is 1. The molecule has 2 rings (SSSR count). The van der Waals surface area contributed by atoms with E-state index in [2.05, 4.69) is 32.9 Å². The minimum Gasteiger partial charge on any atom is -0.411 e. The summed E-state index contributed by atoms with van der Waals surface area (Å²) in [7, 11) is 0. The smallest absolute Gasteiger partial charge is 0.105 e. The number of aliphatic imine (C=N–C) groups is 1. The van der Waals surface area contributed by atoms with Gasteiger partial charge in [-0.15, -0.1) is 0 Å². The summed E-state index contributed by atoms with van der Waals surface area (Å²) in [4.78, 5) is 4.90. The highest BCUT2D eigenvalue weighted by Crippen LogP contribution is 2.62. The summed E-state index contributed by atoms with van der Waals surface area (Å²) in [6.45, 7) is 10.1. The van der Waals surface area contributed by atoms with Gasteiger partial charge >= 0.3 is 0 Å². The molecule has 2 saturated carbocycles. The van der Waals surface area contributed by atoms with Crippen LogP contribution in [0.2, 0.25) is 0 Å². The van der Waals surface area contributed by atoms with E-state index in [9.17, 15) is 5.21 Å². The topological polar surface area (TPSA) is 45.0 Å². The van der Waals surface area contributed by atoms with E-state index in [1.807, 2.05) is 0 Å². The average Bonchev–Trinajstić information content (AvgIpc) is 2.84. The number of hydrogen-bond acceptors (Lipinski definition) is 3. The number of nitrogens with zero attached hydrogens (tertiary/aromatic N) is 2. The van der Waals surface area contributed by atoms with Crippen LogP contribution in [0, 0.1) is 16.7 Å². The third-order valence-electron chi connectivity index (χ3n) is 6.71. The molecule has 132 valence electrons. The Morgan fingerprint density at radius 1 is 1.00 bits per heavy atom. The summed E-state index contributed by atoms with van der Waals surface area (Å²) in [6, 6.07) is 0. The molecule has 0 amide bonds. The first kappa shape index (κ1) is 18.5. The maximum Gasteiger partial charge on any atom is 0.105 e. The quantitative estimate of drug-likeness (QED) is 0.323. The monoisotopic (exact) mass is 320 g/mol. The van der Waals surface area contributed by atoms with Gasteiger partial charge in [0.05, 0.1) is 5.71 Å². The van der Waals surface area contributed by atoms with Crippen LogP contribution in [-0.2, 0) is 0 Å². The molecule has 0 heterocycles. The molecule has 2 atom stereocenters. The van der Waals surface area contributed by atoms with Crippen molar-refractivity contribution in [1.29, 1.82) is 0 Å². The van der Waals surface area contributed by atoms with Crippen molar-refractivity contribution in [2.45, 2.75) is 91.9 Å². The van der Waals surface area contributed by atoms with Crippen molar-refractivity contribution in [3.8, 4) is 0 Å². The Kier molecular flexibility index (Phi) is 6.27. The lowest BCUT2D eigenvalue weighted by atomic mass is 9.70. The largest absolute Gasteiger partial charge is 0.411 e. The fraction of sp³-hybridized carbons (Fsp3) is 0.900. The molecule has 0 aliphatic heterocycles. The number of hydrogen-bond donors (Lipinski definition) is 1.